The van der Waals surface area contributed by atoms with E-state index in [1.165, 1.54) is 23.3 Å². The standard InChI is InChI=1S/C19H20N4O2S2/c24-27(25)9-7-13(11-27)21-18-16-14-5-1-2-6-15(14)26-19(16)23-17(22-18)12-4-3-8-20-10-12/h3-4,8,10,13H,1-2,5-7,9,11H2,(H,21,22,23). The van der Waals surface area contributed by atoms with Gasteiger partial charge in [0, 0.05) is 28.9 Å². The number of pyridine rings is 1. The second kappa shape index (κ2) is 6.53. The molecule has 1 fully saturated rings. The molecule has 1 saturated heterocycles. The highest BCUT2D eigenvalue weighted by Gasteiger charge is 2.30. The van der Waals surface area contributed by atoms with Crippen molar-refractivity contribution in [3.05, 3.63) is 35.0 Å². The van der Waals surface area contributed by atoms with Crippen LogP contribution in [0.4, 0.5) is 5.82 Å². The lowest BCUT2D eigenvalue weighted by molar-refractivity contribution is 0.602. The fourth-order valence-corrected chi connectivity index (χ4v) is 6.92. The van der Waals surface area contributed by atoms with Crippen molar-refractivity contribution in [2.45, 2.75) is 38.1 Å². The lowest BCUT2D eigenvalue weighted by atomic mass is 9.97. The van der Waals surface area contributed by atoms with Crippen LogP contribution in [0.1, 0.15) is 29.7 Å². The largest absolute Gasteiger partial charge is 0.366 e. The van der Waals surface area contributed by atoms with E-state index in [1.807, 2.05) is 12.1 Å². The molecule has 0 radical (unpaired) electrons. The van der Waals surface area contributed by atoms with Crippen molar-refractivity contribution in [2.24, 2.45) is 0 Å². The third-order valence-electron chi connectivity index (χ3n) is 5.31. The summed E-state index contributed by atoms with van der Waals surface area (Å²) in [6.07, 6.45) is 8.65. The van der Waals surface area contributed by atoms with Crippen LogP contribution in [-0.4, -0.2) is 40.9 Å². The summed E-state index contributed by atoms with van der Waals surface area (Å²) in [4.78, 5) is 16.2. The molecule has 0 aromatic carbocycles. The summed E-state index contributed by atoms with van der Waals surface area (Å²) in [7, 11) is -2.95. The number of hydrogen-bond acceptors (Lipinski definition) is 7. The molecule has 4 heterocycles. The van der Waals surface area contributed by atoms with Crippen molar-refractivity contribution in [1.82, 2.24) is 15.0 Å². The van der Waals surface area contributed by atoms with Gasteiger partial charge in [0.25, 0.3) is 0 Å². The Balaban J connectivity index is 1.65. The van der Waals surface area contributed by atoms with Gasteiger partial charge < -0.3 is 5.32 Å². The molecule has 8 heteroatoms. The number of anilines is 1. The Hall–Kier alpha value is -2.06. The van der Waals surface area contributed by atoms with Crippen molar-refractivity contribution >= 4 is 37.2 Å². The van der Waals surface area contributed by atoms with E-state index in [0.29, 0.717) is 12.2 Å². The zero-order valence-corrected chi connectivity index (χ0v) is 16.4. The number of nitrogens with one attached hydrogen (secondary N) is 1. The summed E-state index contributed by atoms with van der Waals surface area (Å²) in [6.45, 7) is 0. The minimum Gasteiger partial charge on any atom is -0.366 e. The van der Waals surface area contributed by atoms with E-state index in [9.17, 15) is 8.42 Å². The smallest absolute Gasteiger partial charge is 0.164 e. The van der Waals surface area contributed by atoms with Crippen molar-refractivity contribution in [2.75, 3.05) is 16.8 Å². The molecule has 0 saturated carbocycles. The summed E-state index contributed by atoms with van der Waals surface area (Å²) < 4.78 is 23.8. The SMILES string of the molecule is O=S1(=O)CCC(Nc2nc(-c3cccnc3)nc3sc4c(c23)CCCC4)C1. The van der Waals surface area contributed by atoms with E-state index in [4.69, 9.17) is 9.97 Å². The first-order valence-electron chi connectivity index (χ1n) is 9.29. The molecule has 140 valence electrons. The first kappa shape index (κ1) is 17.1. The van der Waals surface area contributed by atoms with Crippen LogP contribution in [0.3, 0.4) is 0 Å². The van der Waals surface area contributed by atoms with E-state index in [0.717, 1.165) is 34.4 Å². The summed E-state index contributed by atoms with van der Waals surface area (Å²) in [6, 6.07) is 3.73. The van der Waals surface area contributed by atoms with Crippen LogP contribution in [0.2, 0.25) is 0 Å². The van der Waals surface area contributed by atoms with Crippen molar-refractivity contribution < 1.29 is 8.42 Å². The summed E-state index contributed by atoms with van der Waals surface area (Å²) >= 11 is 1.75. The maximum Gasteiger partial charge on any atom is 0.164 e. The molecule has 0 bridgehead atoms. The number of fused-ring (bicyclic) bond motifs is 3. The van der Waals surface area contributed by atoms with Gasteiger partial charge in [-0.3, -0.25) is 4.98 Å². The van der Waals surface area contributed by atoms with Crippen LogP contribution in [-0.2, 0) is 22.7 Å². The molecule has 1 unspecified atom stereocenters. The Morgan fingerprint density at radius 1 is 1.19 bits per heavy atom. The number of hydrogen-bond donors (Lipinski definition) is 1. The minimum absolute atomic E-state index is 0.0889. The first-order valence-corrected chi connectivity index (χ1v) is 11.9. The second-order valence-electron chi connectivity index (χ2n) is 7.27. The van der Waals surface area contributed by atoms with Gasteiger partial charge in [-0.15, -0.1) is 11.3 Å². The van der Waals surface area contributed by atoms with Gasteiger partial charge in [0.05, 0.1) is 16.9 Å². The molecule has 1 aliphatic heterocycles. The molecule has 0 spiro atoms. The van der Waals surface area contributed by atoms with Crippen molar-refractivity contribution in [3.8, 4) is 11.4 Å². The van der Waals surface area contributed by atoms with Gasteiger partial charge >= 0.3 is 0 Å². The molecule has 0 amide bonds. The summed E-state index contributed by atoms with van der Waals surface area (Å²) in [5.74, 6) is 1.83. The molecule has 1 N–H and O–H groups in total. The highest BCUT2D eigenvalue weighted by Crippen LogP contribution is 2.40. The predicted octanol–water partition coefficient (Wildman–Crippen LogP) is 3.23. The molecule has 2 aliphatic rings. The van der Waals surface area contributed by atoms with E-state index < -0.39 is 9.84 Å². The predicted molar refractivity (Wildman–Crippen MR) is 108 cm³/mol. The van der Waals surface area contributed by atoms with E-state index in [-0.39, 0.29) is 17.5 Å². The second-order valence-corrected chi connectivity index (χ2v) is 10.6. The average Bonchev–Trinajstić information content (AvgIpc) is 3.21. The lowest BCUT2D eigenvalue weighted by Gasteiger charge is -2.16. The molecular weight excluding hydrogens is 380 g/mol. The summed E-state index contributed by atoms with van der Waals surface area (Å²) in [5, 5.41) is 4.53. The van der Waals surface area contributed by atoms with Gasteiger partial charge in [0.2, 0.25) is 0 Å². The third-order valence-corrected chi connectivity index (χ3v) is 8.26. The number of nitrogens with zero attached hydrogens (tertiary/aromatic N) is 3. The van der Waals surface area contributed by atoms with E-state index >= 15 is 0 Å². The quantitative estimate of drug-likeness (QED) is 0.727. The Morgan fingerprint density at radius 2 is 2.07 bits per heavy atom. The van der Waals surface area contributed by atoms with Crippen LogP contribution in [0, 0.1) is 0 Å². The van der Waals surface area contributed by atoms with Gasteiger partial charge in [-0.2, -0.15) is 0 Å². The van der Waals surface area contributed by atoms with Crippen molar-refractivity contribution in [3.63, 3.8) is 0 Å². The monoisotopic (exact) mass is 400 g/mol. The Bertz CT molecular complexity index is 1110. The number of aryl methyl sites for hydroxylation is 2. The topological polar surface area (TPSA) is 84.8 Å². The first-order chi connectivity index (χ1) is 13.1. The Labute approximate surface area is 162 Å². The highest BCUT2D eigenvalue weighted by molar-refractivity contribution is 7.91. The average molecular weight is 401 g/mol. The number of rotatable bonds is 3. The zero-order chi connectivity index (χ0) is 18.4. The van der Waals surface area contributed by atoms with Gasteiger partial charge in [-0.05, 0) is 49.8 Å². The molecule has 3 aromatic rings. The van der Waals surface area contributed by atoms with Gasteiger partial charge in [0.1, 0.15) is 10.6 Å². The molecule has 6 nitrogen and oxygen atoms in total. The van der Waals surface area contributed by atoms with Crippen LogP contribution >= 0.6 is 11.3 Å². The highest BCUT2D eigenvalue weighted by atomic mass is 32.2. The van der Waals surface area contributed by atoms with Crippen LogP contribution in [0.5, 0.6) is 0 Å². The molecule has 1 atom stereocenters. The number of sulfone groups is 1. The normalized spacial score (nSPS) is 21.3. The summed E-state index contributed by atoms with van der Waals surface area (Å²) in [5.41, 5.74) is 2.22. The Kier molecular flexibility index (Phi) is 4.12. The maximum absolute atomic E-state index is 11.9. The van der Waals surface area contributed by atoms with Crippen LogP contribution < -0.4 is 5.32 Å². The fraction of sp³-hybridized carbons (Fsp3) is 0.421. The van der Waals surface area contributed by atoms with Gasteiger partial charge in [-0.25, -0.2) is 18.4 Å². The van der Waals surface area contributed by atoms with Crippen LogP contribution in [0.15, 0.2) is 24.5 Å². The molecular formula is C19H20N4O2S2. The third kappa shape index (κ3) is 3.21. The number of thiophene rings is 1. The van der Waals surface area contributed by atoms with Crippen LogP contribution in [0.25, 0.3) is 21.6 Å². The van der Waals surface area contributed by atoms with E-state index in [1.54, 1.807) is 23.7 Å². The van der Waals surface area contributed by atoms with E-state index in [2.05, 4.69) is 10.3 Å². The molecule has 3 aromatic heterocycles. The van der Waals surface area contributed by atoms with Crippen molar-refractivity contribution in [1.29, 1.82) is 0 Å². The van der Waals surface area contributed by atoms with Gasteiger partial charge in [0.15, 0.2) is 15.7 Å². The maximum atomic E-state index is 11.9. The molecule has 27 heavy (non-hydrogen) atoms. The van der Waals surface area contributed by atoms with Gasteiger partial charge in [-0.1, -0.05) is 0 Å². The lowest BCUT2D eigenvalue weighted by Crippen LogP contribution is -2.21. The zero-order valence-electron chi connectivity index (χ0n) is 14.8. The number of aromatic nitrogens is 3. The Morgan fingerprint density at radius 3 is 2.85 bits per heavy atom. The minimum atomic E-state index is -2.95. The molecule has 1 aliphatic carbocycles. The molecule has 5 rings (SSSR count). The fourth-order valence-electron chi connectivity index (χ4n) is 3.99.